The number of amides is 1. The van der Waals surface area contributed by atoms with Crippen LogP contribution >= 0.6 is 0 Å². The fourth-order valence-electron chi connectivity index (χ4n) is 3.38. The summed E-state index contributed by atoms with van der Waals surface area (Å²) in [4.78, 5) is 20.3. The third-order valence-electron chi connectivity index (χ3n) is 4.21. The SMILES string of the molecule is CC(C)N(c1ncccc1[C@@H]1CCCCN1C=O)C(C)C. The minimum atomic E-state index is 0.167. The van der Waals surface area contributed by atoms with Crippen molar-refractivity contribution >= 4 is 12.2 Å². The van der Waals surface area contributed by atoms with E-state index in [4.69, 9.17) is 0 Å². The first-order valence-electron chi connectivity index (χ1n) is 8.00. The second-order valence-corrected chi connectivity index (χ2v) is 6.37. The molecule has 4 nitrogen and oxygen atoms in total. The Balaban J connectivity index is 2.42. The summed E-state index contributed by atoms with van der Waals surface area (Å²) in [5.74, 6) is 1.03. The van der Waals surface area contributed by atoms with E-state index >= 15 is 0 Å². The fourth-order valence-corrected chi connectivity index (χ4v) is 3.38. The van der Waals surface area contributed by atoms with Crippen LogP contribution in [0.25, 0.3) is 0 Å². The summed E-state index contributed by atoms with van der Waals surface area (Å²) in [6.07, 6.45) is 6.15. The predicted octanol–water partition coefficient (Wildman–Crippen LogP) is 3.39. The van der Waals surface area contributed by atoms with Crippen molar-refractivity contribution in [2.45, 2.75) is 65.1 Å². The molecular formula is C17H27N3O. The van der Waals surface area contributed by atoms with Crippen LogP contribution in [0.2, 0.25) is 0 Å². The average molecular weight is 289 g/mol. The molecule has 1 aliphatic rings. The zero-order valence-corrected chi connectivity index (χ0v) is 13.6. The molecule has 116 valence electrons. The van der Waals surface area contributed by atoms with Crippen molar-refractivity contribution in [1.82, 2.24) is 9.88 Å². The molecule has 2 rings (SSSR count). The van der Waals surface area contributed by atoms with Gasteiger partial charge < -0.3 is 9.80 Å². The Bertz CT molecular complexity index is 465. The highest BCUT2D eigenvalue weighted by Crippen LogP contribution is 2.35. The van der Waals surface area contributed by atoms with Gasteiger partial charge in [-0.2, -0.15) is 0 Å². The Morgan fingerprint density at radius 2 is 2.00 bits per heavy atom. The van der Waals surface area contributed by atoms with Crippen LogP contribution < -0.4 is 4.90 Å². The number of hydrogen-bond acceptors (Lipinski definition) is 3. The first kappa shape index (κ1) is 15.8. The van der Waals surface area contributed by atoms with Crippen molar-refractivity contribution in [2.24, 2.45) is 0 Å². The number of carbonyl (C=O) groups is 1. The van der Waals surface area contributed by atoms with Gasteiger partial charge in [0, 0.05) is 30.4 Å². The summed E-state index contributed by atoms with van der Waals surface area (Å²) < 4.78 is 0. The average Bonchev–Trinajstić information content (AvgIpc) is 2.47. The largest absolute Gasteiger partial charge is 0.351 e. The maximum absolute atomic E-state index is 11.4. The quantitative estimate of drug-likeness (QED) is 0.780. The Hall–Kier alpha value is -1.58. The van der Waals surface area contributed by atoms with E-state index in [1.54, 1.807) is 0 Å². The summed E-state index contributed by atoms with van der Waals surface area (Å²) in [6, 6.07) is 5.04. The highest BCUT2D eigenvalue weighted by molar-refractivity contribution is 5.55. The highest BCUT2D eigenvalue weighted by Gasteiger charge is 2.28. The Morgan fingerprint density at radius 3 is 2.62 bits per heavy atom. The predicted molar refractivity (Wildman–Crippen MR) is 86.4 cm³/mol. The van der Waals surface area contributed by atoms with E-state index in [0.717, 1.165) is 31.6 Å². The monoisotopic (exact) mass is 289 g/mol. The molecule has 0 N–H and O–H groups in total. The van der Waals surface area contributed by atoms with Crippen molar-refractivity contribution in [1.29, 1.82) is 0 Å². The van der Waals surface area contributed by atoms with Crippen molar-refractivity contribution in [3.8, 4) is 0 Å². The molecule has 0 spiro atoms. The number of aromatic nitrogens is 1. The third kappa shape index (κ3) is 3.36. The number of anilines is 1. The molecular weight excluding hydrogens is 262 g/mol. The molecule has 21 heavy (non-hydrogen) atoms. The maximum atomic E-state index is 11.4. The van der Waals surface area contributed by atoms with Gasteiger partial charge in [-0.25, -0.2) is 4.98 Å². The second kappa shape index (κ2) is 6.92. The molecule has 1 fully saturated rings. The van der Waals surface area contributed by atoms with Crippen molar-refractivity contribution < 1.29 is 4.79 Å². The first-order valence-corrected chi connectivity index (χ1v) is 8.00. The molecule has 2 heterocycles. The fraction of sp³-hybridized carbons (Fsp3) is 0.647. The minimum absolute atomic E-state index is 0.167. The summed E-state index contributed by atoms with van der Waals surface area (Å²) >= 11 is 0. The number of likely N-dealkylation sites (tertiary alicyclic amines) is 1. The van der Waals surface area contributed by atoms with Gasteiger partial charge >= 0.3 is 0 Å². The summed E-state index contributed by atoms with van der Waals surface area (Å²) in [6.45, 7) is 9.62. The number of carbonyl (C=O) groups excluding carboxylic acids is 1. The van der Waals surface area contributed by atoms with E-state index in [0.29, 0.717) is 12.1 Å². The van der Waals surface area contributed by atoms with E-state index in [9.17, 15) is 4.79 Å². The van der Waals surface area contributed by atoms with Crippen LogP contribution in [0.5, 0.6) is 0 Å². The molecule has 0 saturated carbocycles. The lowest BCUT2D eigenvalue weighted by molar-refractivity contribution is -0.121. The summed E-state index contributed by atoms with van der Waals surface area (Å²) in [5, 5.41) is 0. The van der Waals surface area contributed by atoms with Crippen molar-refractivity contribution in [3.63, 3.8) is 0 Å². The van der Waals surface area contributed by atoms with Crippen LogP contribution in [-0.4, -0.2) is 34.9 Å². The second-order valence-electron chi connectivity index (χ2n) is 6.37. The molecule has 1 aromatic heterocycles. The smallest absolute Gasteiger partial charge is 0.210 e. The van der Waals surface area contributed by atoms with Gasteiger partial charge in [0.05, 0.1) is 6.04 Å². The van der Waals surface area contributed by atoms with Crippen LogP contribution in [-0.2, 0) is 4.79 Å². The van der Waals surface area contributed by atoms with Crippen LogP contribution in [0.3, 0.4) is 0 Å². The van der Waals surface area contributed by atoms with Crippen LogP contribution in [0.1, 0.15) is 58.6 Å². The van der Waals surface area contributed by atoms with Crippen LogP contribution in [0.4, 0.5) is 5.82 Å². The normalized spacial score (nSPS) is 19.1. The van der Waals surface area contributed by atoms with Gasteiger partial charge in [0.25, 0.3) is 0 Å². The van der Waals surface area contributed by atoms with Gasteiger partial charge in [0.1, 0.15) is 5.82 Å². The third-order valence-corrected chi connectivity index (χ3v) is 4.21. The molecule has 1 atom stereocenters. The minimum Gasteiger partial charge on any atom is -0.351 e. The molecule has 1 amide bonds. The zero-order valence-electron chi connectivity index (χ0n) is 13.6. The van der Waals surface area contributed by atoms with Gasteiger partial charge in [-0.1, -0.05) is 6.07 Å². The molecule has 1 saturated heterocycles. The summed E-state index contributed by atoms with van der Waals surface area (Å²) in [5.41, 5.74) is 1.19. The molecule has 0 bridgehead atoms. The number of pyridine rings is 1. The molecule has 1 aromatic rings. The Kier molecular flexibility index (Phi) is 5.21. The van der Waals surface area contributed by atoms with Crippen molar-refractivity contribution in [3.05, 3.63) is 23.9 Å². The molecule has 0 aromatic carbocycles. The van der Waals surface area contributed by atoms with E-state index < -0.39 is 0 Å². The number of nitrogens with zero attached hydrogens (tertiary/aromatic N) is 3. The van der Waals surface area contributed by atoms with E-state index in [-0.39, 0.29) is 6.04 Å². The van der Waals surface area contributed by atoms with Gasteiger partial charge in [-0.05, 0) is 53.0 Å². The lowest BCUT2D eigenvalue weighted by Crippen LogP contribution is -2.40. The van der Waals surface area contributed by atoms with E-state index in [1.807, 2.05) is 17.2 Å². The molecule has 0 aliphatic carbocycles. The zero-order chi connectivity index (χ0) is 15.4. The number of hydrogen-bond donors (Lipinski definition) is 0. The lowest BCUT2D eigenvalue weighted by atomic mass is 9.95. The maximum Gasteiger partial charge on any atom is 0.210 e. The number of piperidine rings is 1. The van der Waals surface area contributed by atoms with Crippen LogP contribution in [0, 0.1) is 0 Å². The molecule has 0 unspecified atom stereocenters. The molecule has 1 aliphatic heterocycles. The molecule has 0 radical (unpaired) electrons. The van der Waals surface area contributed by atoms with Gasteiger partial charge in [0.15, 0.2) is 0 Å². The lowest BCUT2D eigenvalue weighted by Gasteiger charge is -2.38. The number of rotatable bonds is 5. The Morgan fingerprint density at radius 1 is 1.29 bits per heavy atom. The molecule has 4 heteroatoms. The summed E-state index contributed by atoms with van der Waals surface area (Å²) in [7, 11) is 0. The van der Waals surface area contributed by atoms with Gasteiger partial charge in [-0.15, -0.1) is 0 Å². The topological polar surface area (TPSA) is 36.4 Å². The highest BCUT2D eigenvalue weighted by atomic mass is 16.1. The first-order chi connectivity index (χ1) is 10.1. The van der Waals surface area contributed by atoms with Crippen LogP contribution in [0.15, 0.2) is 18.3 Å². The van der Waals surface area contributed by atoms with E-state index in [1.165, 1.54) is 12.0 Å². The van der Waals surface area contributed by atoms with Crippen molar-refractivity contribution in [2.75, 3.05) is 11.4 Å². The standard InChI is InChI=1S/C17H27N3O/c1-13(2)20(14(3)4)17-15(8-7-10-18-17)16-9-5-6-11-19(16)12-21/h7-8,10,12-14,16H,5-6,9,11H2,1-4H3/t16-/m0/s1. The van der Waals surface area contributed by atoms with E-state index in [2.05, 4.69) is 43.6 Å². The van der Waals surface area contributed by atoms with Gasteiger partial charge in [0.2, 0.25) is 6.41 Å². The van der Waals surface area contributed by atoms with Gasteiger partial charge in [-0.3, -0.25) is 4.79 Å². The Labute approximate surface area is 128 Å².